The molecular weight excluding hydrogens is 644 g/mol. The van der Waals surface area contributed by atoms with Crippen molar-refractivity contribution in [3.05, 3.63) is 75.5 Å². The lowest BCUT2D eigenvalue weighted by Gasteiger charge is -2.26. The summed E-state index contributed by atoms with van der Waals surface area (Å²) in [4.78, 5) is 21.1. The zero-order valence-corrected chi connectivity index (χ0v) is 27.1. The fourth-order valence-corrected chi connectivity index (χ4v) is 7.36. The van der Waals surface area contributed by atoms with E-state index in [0.717, 1.165) is 42.1 Å². The Bertz CT molecular complexity index is 1900. The zero-order chi connectivity index (χ0) is 33.4. The van der Waals surface area contributed by atoms with E-state index in [9.17, 15) is 18.5 Å². The molecule has 2 aromatic carbocycles. The summed E-state index contributed by atoms with van der Waals surface area (Å²) in [7, 11) is -1.32. The highest BCUT2D eigenvalue weighted by Gasteiger charge is 2.41. The van der Waals surface area contributed by atoms with Crippen molar-refractivity contribution >= 4 is 44.7 Å². The Morgan fingerprint density at radius 3 is 2.54 bits per heavy atom. The second kappa shape index (κ2) is 12.8. The minimum atomic E-state index is -4.44. The second-order valence-electron chi connectivity index (χ2n) is 11.0. The number of methoxy groups -OCH3 is 2. The van der Waals surface area contributed by atoms with Crippen LogP contribution in [0, 0.1) is 28.7 Å². The molecule has 0 saturated carbocycles. The minimum Gasteiger partial charge on any atom is -0.490 e. The lowest BCUT2D eigenvalue weighted by molar-refractivity contribution is -0.387. The third-order valence-corrected chi connectivity index (χ3v) is 11.0. The Hall–Kier alpha value is -4.35. The third-order valence-electron chi connectivity index (χ3n) is 7.67. The van der Waals surface area contributed by atoms with Crippen molar-refractivity contribution in [1.29, 1.82) is 0 Å². The minimum absolute atomic E-state index is 0.0205. The van der Waals surface area contributed by atoms with Gasteiger partial charge >= 0.3 is 5.69 Å². The van der Waals surface area contributed by atoms with Crippen molar-refractivity contribution in [3.63, 3.8) is 0 Å². The number of ether oxygens (including phenoxy) is 2. The van der Waals surface area contributed by atoms with E-state index < -0.39 is 47.3 Å². The molecule has 0 radical (unpaired) electrons. The van der Waals surface area contributed by atoms with E-state index in [4.69, 9.17) is 9.47 Å². The monoisotopic (exact) mass is 675 g/mol. The molecule has 244 valence electrons. The van der Waals surface area contributed by atoms with E-state index in [1.54, 1.807) is 13.2 Å². The van der Waals surface area contributed by atoms with Gasteiger partial charge in [0.1, 0.15) is 5.82 Å². The number of nitrogens with one attached hydrogen (secondary N) is 2. The molecule has 2 N–H and O–H groups in total. The van der Waals surface area contributed by atoms with E-state index in [2.05, 4.69) is 25.5 Å². The number of nitro groups is 1. The van der Waals surface area contributed by atoms with Crippen molar-refractivity contribution in [2.45, 2.75) is 53.0 Å². The topological polar surface area (TPSA) is 165 Å². The molecule has 1 unspecified atom stereocenters. The number of H-pyrrole nitrogens is 1. The molecule has 0 bridgehead atoms. The van der Waals surface area contributed by atoms with Crippen LogP contribution in [0.4, 0.5) is 31.9 Å². The molecule has 1 fully saturated rings. The summed E-state index contributed by atoms with van der Waals surface area (Å²) in [6.07, 6.45) is 0.738. The summed E-state index contributed by atoms with van der Waals surface area (Å²) in [5.74, 6) is -0.612. The van der Waals surface area contributed by atoms with E-state index >= 15 is 8.78 Å². The predicted octanol–water partition coefficient (Wildman–Crippen LogP) is 5.53. The molecule has 46 heavy (non-hydrogen) atoms. The van der Waals surface area contributed by atoms with Crippen LogP contribution in [0.1, 0.15) is 31.5 Å². The van der Waals surface area contributed by atoms with Crippen LogP contribution in [0.25, 0.3) is 0 Å². The largest absolute Gasteiger partial charge is 0.490 e. The van der Waals surface area contributed by atoms with Crippen molar-refractivity contribution in [2.24, 2.45) is 0 Å². The van der Waals surface area contributed by atoms with Crippen LogP contribution >= 0.6 is 11.8 Å². The van der Waals surface area contributed by atoms with Gasteiger partial charge in [0.2, 0.25) is 11.6 Å². The molecule has 0 spiro atoms. The number of nitrogens with zero attached hydrogens (tertiary/aromatic N) is 5. The summed E-state index contributed by atoms with van der Waals surface area (Å²) >= 11 is 0.865. The number of aromatic nitrogens is 4. The van der Waals surface area contributed by atoms with E-state index in [1.807, 2.05) is 11.8 Å². The number of hydrogen-bond acceptors (Lipinski definition) is 12. The summed E-state index contributed by atoms with van der Waals surface area (Å²) in [6, 6.07) is 8.35. The molecule has 1 saturated heterocycles. The fourth-order valence-electron chi connectivity index (χ4n) is 5.06. The van der Waals surface area contributed by atoms with Crippen LogP contribution in [-0.2, 0) is 19.3 Å². The summed E-state index contributed by atoms with van der Waals surface area (Å²) in [6.45, 7) is 5.42. The average molecular weight is 676 g/mol. The van der Waals surface area contributed by atoms with Crippen LogP contribution in [0.5, 0.6) is 5.75 Å². The molecular formula is C29H31F2N7O6S2. The Labute approximate surface area is 267 Å². The highest BCUT2D eigenvalue weighted by molar-refractivity contribution is 7.99. The first kappa shape index (κ1) is 33.0. The van der Waals surface area contributed by atoms with Gasteiger partial charge in [0.15, 0.2) is 32.4 Å². The maximum absolute atomic E-state index is 15.6. The lowest BCUT2D eigenvalue weighted by Crippen LogP contribution is -2.30. The Kier molecular flexibility index (Phi) is 9.19. The first-order valence-corrected chi connectivity index (χ1v) is 16.2. The molecule has 3 heterocycles. The molecule has 2 aromatic heterocycles. The number of benzene rings is 2. The highest BCUT2D eigenvalue weighted by Crippen LogP contribution is 2.42. The normalized spacial score (nSPS) is 15.3. The number of aromatic amines is 1. The number of anilines is 3. The van der Waals surface area contributed by atoms with Gasteiger partial charge in [-0.3, -0.25) is 15.2 Å². The number of rotatable bonds is 11. The number of halogens is 2. The summed E-state index contributed by atoms with van der Waals surface area (Å²) < 4.78 is 67.2. The quantitative estimate of drug-likeness (QED) is 0.116. The molecule has 1 aliphatic rings. The number of aryl methyl sites for hydroxylation is 1. The first-order valence-electron chi connectivity index (χ1n) is 13.9. The molecule has 13 nitrogen and oxygen atoms in total. The van der Waals surface area contributed by atoms with E-state index in [-0.39, 0.29) is 22.0 Å². The van der Waals surface area contributed by atoms with Gasteiger partial charge in [0.05, 0.1) is 32.7 Å². The van der Waals surface area contributed by atoms with Crippen LogP contribution < -0.4 is 15.0 Å². The van der Waals surface area contributed by atoms with Gasteiger partial charge in [-0.05, 0) is 57.2 Å². The van der Waals surface area contributed by atoms with Gasteiger partial charge in [0.25, 0.3) is 0 Å². The Morgan fingerprint density at radius 2 is 1.93 bits per heavy atom. The standard InChI is InChI=1S/C29H31F2N7O6S2/c1-16-13-23(36-35-16)32-26-25(44-5)27(37-12-11-17(15-37)43-4)34-28(33-26)45-22-10-9-18(14-20(22)30)46(41,42)29(2,3)19-7-6-8-21(24(19)31)38(39)40/h6-10,13-14,17H,11-12,15H2,1-5H3,(H2,32,33,34,35,36). The van der Waals surface area contributed by atoms with Gasteiger partial charge in [0, 0.05) is 43.6 Å². The number of sulfone groups is 1. The van der Waals surface area contributed by atoms with Gasteiger partial charge in [-0.2, -0.15) is 9.49 Å². The number of hydrogen-bond donors (Lipinski definition) is 2. The van der Waals surface area contributed by atoms with Crippen molar-refractivity contribution in [1.82, 2.24) is 20.2 Å². The van der Waals surface area contributed by atoms with Crippen molar-refractivity contribution in [2.75, 3.05) is 37.5 Å². The lowest BCUT2D eigenvalue weighted by atomic mass is 10.0. The maximum Gasteiger partial charge on any atom is 0.305 e. The van der Waals surface area contributed by atoms with E-state index in [1.165, 1.54) is 39.2 Å². The SMILES string of the molecule is COc1c(Nc2cc(C)[nH]n2)nc(Sc2ccc(S(=O)(=O)C(C)(C)c3cccc([N+](=O)[O-])c3F)cc2F)nc1N1CCC(OC)C1. The molecule has 5 rings (SSSR count). The number of nitro benzene ring substituents is 1. The van der Waals surface area contributed by atoms with Crippen LogP contribution in [0.15, 0.2) is 57.4 Å². The van der Waals surface area contributed by atoms with E-state index in [0.29, 0.717) is 30.5 Å². The zero-order valence-electron chi connectivity index (χ0n) is 25.5. The summed E-state index contributed by atoms with van der Waals surface area (Å²) in [5, 5.41) is 21.5. The van der Waals surface area contributed by atoms with Crippen LogP contribution in [0.3, 0.4) is 0 Å². The molecule has 1 atom stereocenters. The fraction of sp³-hybridized carbons (Fsp3) is 0.345. The van der Waals surface area contributed by atoms with Gasteiger partial charge < -0.3 is 19.7 Å². The molecule has 0 amide bonds. The van der Waals surface area contributed by atoms with Gasteiger partial charge in [-0.1, -0.05) is 12.1 Å². The molecule has 17 heteroatoms. The first-order chi connectivity index (χ1) is 21.8. The second-order valence-corrected chi connectivity index (χ2v) is 14.5. The maximum atomic E-state index is 15.6. The molecule has 4 aromatic rings. The van der Waals surface area contributed by atoms with Crippen LogP contribution in [0.2, 0.25) is 0 Å². The van der Waals surface area contributed by atoms with Crippen molar-refractivity contribution < 1.29 is 31.6 Å². The molecule has 0 aliphatic carbocycles. The van der Waals surface area contributed by atoms with Crippen LogP contribution in [-0.4, -0.2) is 66.9 Å². The smallest absolute Gasteiger partial charge is 0.305 e. The predicted molar refractivity (Wildman–Crippen MR) is 167 cm³/mol. The van der Waals surface area contributed by atoms with Crippen molar-refractivity contribution in [3.8, 4) is 5.75 Å². The third kappa shape index (κ3) is 6.21. The molecule has 1 aliphatic heterocycles. The van der Waals surface area contributed by atoms with Gasteiger partial charge in [-0.25, -0.2) is 22.8 Å². The van der Waals surface area contributed by atoms with Gasteiger partial charge in [-0.15, -0.1) is 0 Å². The highest BCUT2D eigenvalue weighted by atomic mass is 32.2. The average Bonchev–Trinajstić information content (AvgIpc) is 3.66. The summed E-state index contributed by atoms with van der Waals surface area (Å²) in [5.41, 5.74) is -0.466. The Balaban J connectivity index is 1.50. The Morgan fingerprint density at radius 1 is 1.17 bits per heavy atom.